The van der Waals surface area contributed by atoms with Crippen LogP contribution in [0.5, 0.6) is 0 Å². The fourth-order valence-electron chi connectivity index (χ4n) is 5.60. The summed E-state index contributed by atoms with van der Waals surface area (Å²) in [5.74, 6) is 0.248. The maximum atomic E-state index is 13.4. The Morgan fingerprint density at radius 3 is 2.21 bits per heavy atom. The van der Waals surface area contributed by atoms with Crippen molar-refractivity contribution in [3.63, 3.8) is 0 Å². The van der Waals surface area contributed by atoms with Gasteiger partial charge in [-0.15, -0.1) is 0 Å². The standard InChI is InChI=1S/C30H32N2O/c1-32(2)30(20-23-13-7-4-8-14-23)18-17-28(33)26(21-30)29-25(19-22-11-5-3-6-12-22)24-15-9-10-16-27(24)31-29/h3-16,26,31H,17-21H2,1-2H3. The third-order valence-electron chi connectivity index (χ3n) is 7.55. The molecule has 2 unspecified atom stereocenters. The van der Waals surface area contributed by atoms with E-state index < -0.39 is 0 Å². The largest absolute Gasteiger partial charge is 0.358 e. The number of hydrogen-bond donors (Lipinski definition) is 1. The molecule has 1 saturated carbocycles. The Bertz CT molecular complexity index is 1240. The van der Waals surface area contributed by atoms with Crippen molar-refractivity contribution in [2.45, 2.75) is 43.6 Å². The number of ketones is 1. The summed E-state index contributed by atoms with van der Waals surface area (Å²) in [7, 11) is 4.35. The van der Waals surface area contributed by atoms with Gasteiger partial charge in [-0.05, 0) is 62.5 Å². The van der Waals surface area contributed by atoms with Crippen LogP contribution in [0.15, 0.2) is 84.9 Å². The van der Waals surface area contributed by atoms with Gasteiger partial charge in [-0.3, -0.25) is 4.79 Å². The van der Waals surface area contributed by atoms with Crippen LogP contribution in [0, 0.1) is 0 Å². The van der Waals surface area contributed by atoms with Crippen molar-refractivity contribution in [3.8, 4) is 0 Å². The van der Waals surface area contributed by atoms with E-state index in [-0.39, 0.29) is 11.5 Å². The van der Waals surface area contributed by atoms with Gasteiger partial charge in [0.05, 0.1) is 5.92 Å². The zero-order valence-corrected chi connectivity index (χ0v) is 19.6. The van der Waals surface area contributed by atoms with Gasteiger partial charge in [-0.1, -0.05) is 78.9 Å². The SMILES string of the molecule is CN(C)C1(Cc2ccccc2)CCC(=O)C(c2[nH]c3ccccc3c2Cc2ccccc2)C1. The highest BCUT2D eigenvalue weighted by Gasteiger charge is 2.43. The van der Waals surface area contributed by atoms with Gasteiger partial charge in [0.1, 0.15) is 5.78 Å². The number of hydrogen-bond acceptors (Lipinski definition) is 2. The van der Waals surface area contributed by atoms with Crippen LogP contribution in [-0.4, -0.2) is 35.3 Å². The molecule has 33 heavy (non-hydrogen) atoms. The highest BCUT2D eigenvalue weighted by Crippen LogP contribution is 2.43. The minimum Gasteiger partial charge on any atom is -0.358 e. The van der Waals surface area contributed by atoms with E-state index in [0.29, 0.717) is 12.2 Å². The second-order valence-corrected chi connectivity index (χ2v) is 9.73. The topological polar surface area (TPSA) is 36.1 Å². The van der Waals surface area contributed by atoms with E-state index in [2.05, 4.69) is 109 Å². The average Bonchev–Trinajstić information content (AvgIpc) is 3.20. The molecule has 0 bridgehead atoms. The Kier molecular flexibility index (Phi) is 5.90. The zero-order valence-electron chi connectivity index (χ0n) is 19.6. The fraction of sp³-hybridized carbons (Fsp3) is 0.300. The molecule has 0 radical (unpaired) electrons. The van der Waals surface area contributed by atoms with E-state index in [0.717, 1.165) is 36.9 Å². The van der Waals surface area contributed by atoms with Crippen LogP contribution in [0.3, 0.4) is 0 Å². The number of nitrogens with one attached hydrogen (secondary N) is 1. The van der Waals surface area contributed by atoms with Gasteiger partial charge in [0.2, 0.25) is 0 Å². The van der Waals surface area contributed by atoms with Gasteiger partial charge in [-0.25, -0.2) is 0 Å². The Hall–Kier alpha value is -3.17. The summed E-state index contributed by atoms with van der Waals surface area (Å²) in [6.45, 7) is 0. The third kappa shape index (κ3) is 4.26. The number of fused-ring (bicyclic) bond motifs is 1. The highest BCUT2D eigenvalue weighted by atomic mass is 16.1. The van der Waals surface area contributed by atoms with E-state index in [1.54, 1.807) is 0 Å². The summed E-state index contributed by atoms with van der Waals surface area (Å²) in [6, 6.07) is 29.8. The molecule has 4 aromatic rings. The highest BCUT2D eigenvalue weighted by molar-refractivity contribution is 5.91. The second kappa shape index (κ2) is 8.99. The molecule has 0 saturated heterocycles. The Labute approximate surface area is 196 Å². The lowest BCUT2D eigenvalue weighted by atomic mass is 9.69. The zero-order chi connectivity index (χ0) is 22.8. The molecule has 3 nitrogen and oxygen atoms in total. The second-order valence-electron chi connectivity index (χ2n) is 9.73. The lowest BCUT2D eigenvalue weighted by molar-refractivity contribution is -0.124. The molecule has 3 aromatic carbocycles. The Morgan fingerprint density at radius 1 is 0.879 bits per heavy atom. The Morgan fingerprint density at radius 2 is 1.52 bits per heavy atom. The van der Waals surface area contributed by atoms with Crippen molar-refractivity contribution >= 4 is 16.7 Å². The van der Waals surface area contributed by atoms with Crippen LogP contribution in [-0.2, 0) is 17.6 Å². The molecular weight excluding hydrogens is 404 g/mol. The lowest BCUT2D eigenvalue weighted by Gasteiger charge is -2.45. The molecule has 1 N–H and O–H groups in total. The quantitative estimate of drug-likeness (QED) is 0.394. The molecular formula is C30H32N2O. The first-order valence-electron chi connectivity index (χ1n) is 11.9. The fourth-order valence-corrected chi connectivity index (χ4v) is 5.60. The molecule has 1 aliphatic rings. The maximum absolute atomic E-state index is 13.4. The van der Waals surface area contributed by atoms with Crippen LogP contribution in [0.25, 0.3) is 10.9 Å². The van der Waals surface area contributed by atoms with E-state index in [4.69, 9.17) is 0 Å². The first-order valence-corrected chi connectivity index (χ1v) is 11.9. The predicted molar refractivity (Wildman–Crippen MR) is 136 cm³/mol. The number of aromatic nitrogens is 1. The summed E-state index contributed by atoms with van der Waals surface area (Å²) in [6.07, 6.45) is 4.15. The minimum absolute atomic E-state index is 0.0404. The van der Waals surface area contributed by atoms with Crippen LogP contribution in [0.2, 0.25) is 0 Å². The average molecular weight is 437 g/mol. The van der Waals surface area contributed by atoms with Crippen molar-refractivity contribution in [1.82, 2.24) is 9.88 Å². The van der Waals surface area contributed by atoms with Gasteiger partial charge < -0.3 is 9.88 Å². The molecule has 2 atom stereocenters. The lowest BCUT2D eigenvalue weighted by Crippen LogP contribution is -2.51. The summed E-state index contributed by atoms with van der Waals surface area (Å²) in [5, 5.41) is 1.23. The first-order chi connectivity index (χ1) is 16.1. The number of nitrogens with zero attached hydrogens (tertiary/aromatic N) is 1. The molecule has 168 valence electrons. The number of para-hydroxylation sites is 1. The smallest absolute Gasteiger partial charge is 0.141 e. The molecule has 1 heterocycles. The minimum atomic E-state index is -0.115. The predicted octanol–water partition coefficient (Wildman–Crippen LogP) is 6.14. The number of likely N-dealkylation sites (N-methyl/N-ethyl adjacent to an activating group) is 1. The molecule has 1 fully saturated rings. The number of carbonyl (C=O) groups excluding carboxylic acids is 1. The molecule has 1 aromatic heterocycles. The summed E-state index contributed by atoms with van der Waals surface area (Å²) < 4.78 is 0. The molecule has 3 heteroatoms. The Balaban J connectivity index is 1.56. The van der Waals surface area contributed by atoms with E-state index in [1.165, 1.54) is 22.1 Å². The van der Waals surface area contributed by atoms with Crippen LogP contribution >= 0.6 is 0 Å². The van der Waals surface area contributed by atoms with Crippen molar-refractivity contribution in [1.29, 1.82) is 0 Å². The molecule has 1 aliphatic carbocycles. The number of rotatable bonds is 6. The van der Waals surface area contributed by atoms with Crippen molar-refractivity contribution in [2.24, 2.45) is 0 Å². The van der Waals surface area contributed by atoms with Gasteiger partial charge in [0.15, 0.2) is 0 Å². The van der Waals surface area contributed by atoms with E-state index in [1.807, 2.05) is 0 Å². The monoisotopic (exact) mass is 436 g/mol. The number of carbonyl (C=O) groups is 1. The maximum Gasteiger partial charge on any atom is 0.141 e. The number of H-pyrrole nitrogens is 1. The first kappa shape index (κ1) is 21.7. The van der Waals surface area contributed by atoms with Crippen LogP contribution < -0.4 is 0 Å². The molecule has 0 spiro atoms. The summed E-state index contributed by atoms with van der Waals surface area (Å²) >= 11 is 0. The summed E-state index contributed by atoms with van der Waals surface area (Å²) in [5.41, 5.74) is 6.07. The van der Waals surface area contributed by atoms with E-state index >= 15 is 0 Å². The van der Waals surface area contributed by atoms with Gasteiger partial charge in [0.25, 0.3) is 0 Å². The number of benzene rings is 3. The number of Topliss-reactive ketones (excluding diaryl/α,β-unsaturated/α-hetero) is 1. The van der Waals surface area contributed by atoms with Gasteiger partial charge in [-0.2, -0.15) is 0 Å². The van der Waals surface area contributed by atoms with Crippen LogP contribution in [0.1, 0.15) is 47.6 Å². The summed E-state index contributed by atoms with van der Waals surface area (Å²) in [4.78, 5) is 19.4. The van der Waals surface area contributed by atoms with E-state index in [9.17, 15) is 4.79 Å². The number of aromatic amines is 1. The van der Waals surface area contributed by atoms with Crippen molar-refractivity contribution in [2.75, 3.05) is 14.1 Å². The normalized spacial score (nSPS) is 21.1. The van der Waals surface area contributed by atoms with Gasteiger partial charge >= 0.3 is 0 Å². The van der Waals surface area contributed by atoms with Crippen LogP contribution in [0.4, 0.5) is 0 Å². The third-order valence-corrected chi connectivity index (χ3v) is 7.55. The molecule has 0 aliphatic heterocycles. The van der Waals surface area contributed by atoms with Crippen molar-refractivity contribution in [3.05, 3.63) is 107 Å². The van der Waals surface area contributed by atoms with Crippen molar-refractivity contribution < 1.29 is 4.79 Å². The van der Waals surface area contributed by atoms with Gasteiger partial charge in [0, 0.05) is 28.6 Å². The molecule has 0 amide bonds. The molecule has 5 rings (SSSR count).